The highest BCUT2D eigenvalue weighted by atomic mass is 32.2. The molecule has 0 aliphatic heterocycles. The SMILES string of the molecule is COc1ccc(C)cc1S(=O)(=O)NCc1nc(C)no1. The van der Waals surface area contributed by atoms with Gasteiger partial charge in [-0.05, 0) is 31.5 Å². The average molecular weight is 297 g/mol. The molecular formula is C12H15N3O4S. The standard InChI is InChI=1S/C12H15N3O4S/c1-8-4-5-10(18-3)11(6-8)20(16,17)13-7-12-14-9(2)15-19-12/h4-6,13H,7H2,1-3H3. The van der Waals surface area contributed by atoms with Crippen LogP contribution in [0.3, 0.4) is 0 Å². The molecule has 0 amide bonds. The van der Waals surface area contributed by atoms with Crippen molar-refractivity contribution >= 4 is 10.0 Å². The van der Waals surface area contributed by atoms with Crippen molar-refractivity contribution in [3.05, 3.63) is 35.5 Å². The van der Waals surface area contributed by atoms with Gasteiger partial charge in [-0.2, -0.15) is 4.98 Å². The Hall–Kier alpha value is -1.93. The largest absolute Gasteiger partial charge is 0.495 e. The molecule has 1 aromatic heterocycles. The van der Waals surface area contributed by atoms with Gasteiger partial charge in [0.05, 0.1) is 13.7 Å². The first-order chi connectivity index (χ1) is 9.42. The van der Waals surface area contributed by atoms with Crippen LogP contribution in [0.15, 0.2) is 27.6 Å². The van der Waals surface area contributed by atoms with Crippen LogP contribution in [0.4, 0.5) is 0 Å². The van der Waals surface area contributed by atoms with Crippen LogP contribution in [-0.4, -0.2) is 25.7 Å². The Kier molecular flexibility index (Phi) is 4.05. The fourth-order valence-electron chi connectivity index (χ4n) is 1.64. The summed E-state index contributed by atoms with van der Waals surface area (Å²) in [4.78, 5) is 4.01. The van der Waals surface area contributed by atoms with Gasteiger partial charge >= 0.3 is 0 Å². The maximum Gasteiger partial charge on any atom is 0.244 e. The molecule has 0 saturated heterocycles. The molecule has 0 saturated carbocycles. The number of nitrogens with one attached hydrogen (secondary N) is 1. The normalized spacial score (nSPS) is 11.6. The summed E-state index contributed by atoms with van der Waals surface area (Å²) in [5.41, 5.74) is 0.819. The Bertz CT molecular complexity index is 709. The number of aromatic nitrogens is 2. The number of hydrogen-bond donors (Lipinski definition) is 1. The van der Waals surface area contributed by atoms with Gasteiger partial charge in [-0.25, -0.2) is 13.1 Å². The van der Waals surface area contributed by atoms with Crippen molar-refractivity contribution in [3.63, 3.8) is 0 Å². The van der Waals surface area contributed by atoms with Crippen LogP contribution < -0.4 is 9.46 Å². The molecule has 1 aromatic carbocycles. The summed E-state index contributed by atoms with van der Waals surface area (Å²) >= 11 is 0. The second-order valence-corrected chi connectivity index (χ2v) is 5.95. The molecule has 1 heterocycles. The van der Waals surface area contributed by atoms with Crippen LogP contribution in [0, 0.1) is 13.8 Å². The first kappa shape index (κ1) is 14.5. The molecule has 0 radical (unpaired) electrons. The monoisotopic (exact) mass is 297 g/mol. The first-order valence-corrected chi connectivity index (χ1v) is 7.34. The van der Waals surface area contributed by atoms with E-state index >= 15 is 0 Å². The fraction of sp³-hybridized carbons (Fsp3) is 0.333. The zero-order valence-corrected chi connectivity index (χ0v) is 12.2. The lowest BCUT2D eigenvalue weighted by atomic mass is 10.2. The van der Waals surface area contributed by atoms with Crippen LogP contribution in [0.25, 0.3) is 0 Å². The Morgan fingerprint density at radius 3 is 2.70 bits per heavy atom. The minimum Gasteiger partial charge on any atom is -0.495 e. The van der Waals surface area contributed by atoms with Gasteiger partial charge in [0.25, 0.3) is 0 Å². The number of sulfonamides is 1. The smallest absolute Gasteiger partial charge is 0.244 e. The molecule has 0 aliphatic carbocycles. The number of ether oxygens (including phenoxy) is 1. The van der Waals surface area contributed by atoms with Gasteiger partial charge < -0.3 is 9.26 Å². The van der Waals surface area contributed by atoms with E-state index < -0.39 is 10.0 Å². The zero-order chi connectivity index (χ0) is 14.8. The van der Waals surface area contributed by atoms with Crippen LogP contribution in [0.1, 0.15) is 17.3 Å². The van der Waals surface area contributed by atoms with Crippen molar-refractivity contribution < 1.29 is 17.7 Å². The molecule has 2 rings (SSSR count). The van der Waals surface area contributed by atoms with Crippen molar-refractivity contribution in [2.75, 3.05) is 7.11 Å². The van der Waals surface area contributed by atoms with E-state index in [0.717, 1.165) is 5.56 Å². The second kappa shape index (κ2) is 5.59. The number of rotatable bonds is 5. The van der Waals surface area contributed by atoms with Gasteiger partial charge in [-0.1, -0.05) is 11.2 Å². The molecule has 0 fully saturated rings. The average Bonchev–Trinajstić information content (AvgIpc) is 2.82. The molecule has 0 bridgehead atoms. The summed E-state index contributed by atoms with van der Waals surface area (Å²) < 4.78 is 36.9. The molecule has 20 heavy (non-hydrogen) atoms. The molecule has 0 atom stereocenters. The quantitative estimate of drug-likeness (QED) is 0.890. The van der Waals surface area contributed by atoms with Crippen molar-refractivity contribution in [2.45, 2.75) is 25.3 Å². The maximum atomic E-state index is 12.3. The number of benzene rings is 1. The molecule has 2 aromatic rings. The number of hydrogen-bond acceptors (Lipinski definition) is 6. The zero-order valence-electron chi connectivity index (χ0n) is 11.4. The van der Waals surface area contributed by atoms with Crippen LogP contribution in [0.2, 0.25) is 0 Å². The minimum absolute atomic E-state index is 0.0692. The van der Waals surface area contributed by atoms with Gasteiger partial charge in [-0.15, -0.1) is 0 Å². The summed E-state index contributed by atoms with van der Waals surface area (Å²) in [5.74, 6) is 0.940. The maximum absolute atomic E-state index is 12.3. The molecule has 7 nitrogen and oxygen atoms in total. The number of aryl methyl sites for hydroxylation is 2. The molecule has 1 N–H and O–H groups in total. The summed E-state index contributed by atoms with van der Waals surface area (Å²) in [7, 11) is -2.30. The predicted octanol–water partition coefficient (Wildman–Crippen LogP) is 1.17. The topological polar surface area (TPSA) is 94.3 Å². The van der Waals surface area contributed by atoms with E-state index in [1.54, 1.807) is 32.0 Å². The highest BCUT2D eigenvalue weighted by Crippen LogP contribution is 2.24. The molecule has 0 aliphatic rings. The summed E-state index contributed by atoms with van der Waals surface area (Å²) in [6.45, 7) is 3.39. The third-order valence-corrected chi connectivity index (χ3v) is 4.01. The van der Waals surface area contributed by atoms with Gasteiger partial charge in [0, 0.05) is 0 Å². The van der Waals surface area contributed by atoms with E-state index in [-0.39, 0.29) is 23.1 Å². The Balaban J connectivity index is 2.24. The van der Waals surface area contributed by atoms with Gasteiger partial charge in [0.2, 0.25) is 15.9 Å². The van der Waals surface area contributed by atoms with Crippen molar-refractivity contribution in [1.29, 1.82) is 0 Å². The van der Waals surface area contributed by atoms with Gasteiger partial charge in [0.15, 0.2) is 5.82 Å². The van der Waals surface area contributed by atoms with Crippen LogP contribution >= 0.6 is 0 Å². The van der Waals surface area contributed by atoms with E-state index in [0.29, 0.717) is 5.82 Å². The Morgan fingerprint density at radius 2 is 2.10 bits per heavy atom. The third kappa shape index (κ3) is 3.14. The summed E-state index contributed by atoms with van der Waals surface area (Å²) in [5, 5.41) is 3.59. The Labute approximate surface area is 117 Å². The van der Waals surface area contributed by atoms with E-state index in [9.17, 15) is 8.42 Å². The summed E-state index contributed by atoms with van der Waals surface area (Å²) in [6.07, 6.45) is 0. The highest BCUT2D eigenvalue weighted by Gasteiger charge is 2.20. The lowest BCUT2D eigenvalue weighted by Crippen LogP contribution is -2.24. The highest BCUT2D eigenvalue weighted by molar-refractivity contribution is 7.89. The molecule has 0 unspecified atom stereocenters. The molecule has 8 heteroatoms. The van der Waals surface area contributed by atoms with E-state index in [4.69, 9.17) is 9.26 Å². The van der Waals surface area contributed by atoms with Crippen molar-refractivity contribution in [1.82, 2.24) is 14.9 Å². The van der Waals surface area contributed by atoms with Gasteiger partial charge in [0.1, 0.15) is 10.6 Å². The van der Waals surface area contributed by atoms with E-state index in [1.165, 1.54) is 7.11 Å². The molecule has 0 spiro atoms. The van der Waals surface area contributed by atoms with E-state index in [1.807, 2.05) is 0 Å². The lowest BCUT2D eigenvalue weighted by molar-refractivity contribution is 0.371. The van der Waals surface area contributed by atoms with Crippen LogP contribution in [0.5, 0.6) is 5.75 Å². The van der Waals surface area contributed by atoms with E-state index in [2.05, 4.69) is 14.9 Å². The molecular weight excluding hydrogens is 282 g/mol. The Morgan fingerprint density at radius 1 is 1.35 bits per heavy atom. The molecule has 108 valence electrons. The third-order valence-electron chi connectivity index (χ3n) is 2.59. The van der Waals surface area contributed by atoms with Crippen molar-refractivity contribution in [2.24, 2.45) is 0 Å². The number of methoxy groups -OCH3 is 1. The summed E-state index contributed by atoms with van der Waals surface area (Å²) in [6, 6.07) is 4.93. The number of nitrogens with zero attached hydrogens (tertiary/aromatic N) is 2. The first-order valence-electron chi connectivity index (χ1n) is 5.86. The lowest BCUT2D eigenvalue weighted by Gasteiger charge is -2.10. The predicted molar refractivity (Wildman–Crippen MR) is 70.8 cm³/mol. The minimum atomic E-state index is -3.72. The van der Waals surface area contributed by atoms with Gasteiger partial charge in [-0.3, -0.25) is 0 Å². The van der Waals surface area contributed by atoms with Crippen molar-refractivity contribution in [3.8, 4) is 5.75 Å². The van der Waals surface area contributed by atoms with Crippen LogP contribution in [-0.2, 0) is 16.6 Å². The second-order valence-electron chi connectivity index (χ2n) is 4.21. The fourth-order valence-corrected chi connectivity index (χ4v) is 2.87.